The van der Waals surface area contributed by atoms with Gasteiger partial charge in [0.05, 0.1) is 21.3 Å². The SMILES string of the molecule is OC(Cc1nc2ccccc2s1)C1CCc2ccccc21. The van der Waals surface area contributed by atoms with Crippen LogP contribution in [-0.4, -0.2) is 16.2 Å². The van der Waals surface area contributed by atoms with Crippen molar-refractivity contribution in [1.82, 2.24) is 4.98 Å². The lowest BCUT2D eigenvalue weighted by molar-refractivity contribution is 0.143. The summed E-state index contributed by atoms with van der Waals surface area (Å²) in [6.45, 7) is 0. The Morgan fingerprint density at radius 3 is 2.86 bits per heavy atom. The molecule has 0 fully saturated rings. The van der Waals surface area contributed by atoms with Gasteiger partial charge < -0.3 is 5.11 Å². The molecule has 0 spiro atoms. The van der Waals surface area contributed by atoms with Crippen molar-refractivity contribution in [3.8, 4) is 0 Å². The van der Waals surface area contributed by atoms with Crippen LogP contribution in [-0.2, 0) is 12.8 Å². The summed E-state index contributed by atoms with van der Waals surface area (Å²) in [6, 6.07) is 16.7. The molecule has 0 amide bonds. The number of benzene rings is 2. The number of fused-ring (bicyclic) bond motifs is 2. The average molecular weight is 295 g/mol. The zero-order valence-electron chi connectivity index (χ0n) is 11.7. The average Bonchev–Trinajstić information content (AvgIpc) is 3.10. The van der Waals surface area contributed by atoms with Crippen LogP contribution < -0.4 is 0 Å². The highest BCUT2D eigenvalue weighted by Crippen LogP contribution is 2.36. The monoisotopic (exact) mass is 295 g/mol. The van der Waals surface area contributed by atoms with Crippen molar-refractivity contribution in [2.24, 2.45) is 0 Å². The number of aromatic nitrogens is 1. The van der Waals surface area contributed by atoms with E-state index in [1.807, 2.05) is 18.2 Å². The van der Waals surface area contributed by atoms with Crippen molar-refractivity contribution in [1.29, 1.82) is 0 Å². The predicted octanol–water partition coefficient (Wildman–Crippen LogP) is 3.93. The highest BCUT2D eigenvalue weighted by molar-refractivity contribution is 7.18. The van der Waals surface area contributed by atoms with Gasteiger partial charge in [-0.15, -0.1) is 11.3 Å². The van der Waals surface area contributed by atoms with E-state index in [0.717, 1.165) is 23.4 Å². The summed E-state index contributed by atoms with van der Waals surface area (Å²) < 4.78 is 1.20. The molecule has 3 aromatic rings. The molecular weight excluding hydrogens is 278 g/mol. The molecule has 1 aliphatic rings. The van der Waals surface area contributed by atoms with Gasteiger partial charge in [0.15, 0.2) is 0 Å². The molecule has 3 heteroatoms. The molecule has 0 bridgehead atoms. The summed E-state index contributed by atoms with van der Waals surface area (Å²) in [5, 5.41) is 11.7. The van der Waals surface area contributed by atoms with E-state index in [9.17, 15) is 5.11 Å². The van der Waals surface area contributed by atoms with Gasteiger partial charge in [-0.2, -0.15) is 0 Å². The molecule has 0 saturated carbocycles. The Morgan fingerprint density at radius 2 is 1.95 bits per heavy atom. The molecule has 21 heavy (non-hydrogen) atoms. The second-order valence-electron chi connectivity index (χ2n) is 5.69. The van der Waals surface area contributed by atoms with Crippen molar-refractivity contribution >= 4 is 21.6 Å². The van der Waals surface area contributed by atoms with Crippen LogP contribution >= 0.6 is 11.3 Å². The molecule has 2 unspecified atom stereocenters. The van der Waals surface area contributed by atoms with Gasteiger partial charge >= 0.3 is 0 Å². The standard InChI is InChI=1S/C18H17NOS/c20-16(14-10-9-12-5-1-2-6-13(12)14)11-18-19-15-7-3-4-8-17(15)21-18/h1-8,14,16,20H,9-11H2. The number of thiazole rings is 1. The first kappa shape index (κ1) is 13.0. The van der Waals surface area contributed by atoms with Gasteiger partial charge in [-0.3, -0.25) is 0 Å². The van der Waals surface area contributed by atoms with E-state index in [-0.39, 0.29) is 12.0 Å². The summed E-state index contributed by atoms with van der Waals surface area (Å²) in [5.74, 6) is 0.258. The van der Waals surface area contributed by atoms with Crippen molar-refractivity contribution in [3.63, 3.8) is 0 Å². The highest BCUT2D eigenvalue weighted by atomic mass is 32.1. The Kier molecular flexibility index (Phi) is 3.24. The molecule has 4 rings (SSSR count). The Balaban J connectivity index is 1.57. The maximum absolute atomic E-state index is 10.6. The molecule has 1 aliphatic carbocycles. The van der Waals surface area contributed by atoms with Crippen LogP contribution in [0.2, 0.25) is 0 Å². The van der Waals surface area contributed by atoms with Gasteiger partial charge in [-0.05, 0) is 36.1 Å². The van der Waals surface area contributed by atoms with Gasteiger partial charge in [0.2, 0.25) is 0 Å². The van der Waals surface area contributed by atoms with E-state index in [1.54, 1.807) is 11.3 Å². The molecular formula is C18H17NOS. The number of hydrogen-bond acceptors (Lipinski definition) is 3. The molecule has 0 radical (unpaired) electrons. The fourth-order valence-electron chi connectivity index (χ4n) is 3.32. The largest absolute Gasteiger partial charge is 0.392 e. The number of aryl methyl sites for hydroxylation is 1. The zero-order chi connectivity index (χ0) is 14.2. The van der Waals surface area contributed by atoms with Gasteiger partial charge in [0.1, 0.15) is 0 Å². The van der Waals surface area contributed by atoms with E-state index in [1.165, 1.54) is 15.8 Å². The first-order valence-corrected chi connectivity index (χ1v) is 8.23. The van der Waals surface area contributed by atoms with E-state index < -0.39 is 0 Å². The number of rotatable bonds is 3. The van der Waals surface area contributed by atoms with Gasteiger partial charge in [0, 0.05) is 12.3 Å². The third-order valence-electron chi connectivity index (χ3n) is 4.37. The summed E-state index contributed by atoms with van der Waals surface area (Å²) >= 11 is 1.69. The van der Waals surface area contributed by atoms with Crippen LogP contribution in [0, 0.1) is 0 Å². The minimum atomic E-state index is -0.339. The van der Waals surface area contributed by atoms with E-state index in [4.69, 9.17) is 0 Å². The lowest BCUT2D eigenvalue weighted by Crippen LogP contribution is -2.19. The number of aliphatic hydroxyl groups excluding tert-OH is 1. The summed E-state index contributed by atoms with van der Waals surface area (Å²) in [7, 11) is 0. The van der Waals surface area contributed by atoms with Crippen LogP contribution in [0.15, 0.2) is 48.5 Å². The minimum absolute atomic E-state index is 0.258. The molecule has 1 heterocycles. The summed E-state index contributed by atoms with van der Waals surface area (Å²) in [6.07, 6.45) is 2.44. The van der Waals surface area contributed by atoms with Crippen molar-refractivity contribution in [3.05, 3.63) is 64.7 Å². The normalized spacial score (nSPS) is 18.8. The number of nitrogens with zero attached hydrogens (tertiary/aromatic N) is 1. The second-order valence-corrected chi connectivity index (χ2v) is 6.81. The lowest BCUT2D eigenvalue weighted by Gasteiger charge is -2.18. The Labute approximate surface area is 128 Å². The van der Waals surface area contributed by atoms with Crippen molar-refractivity contribution < 1.29 is 5.11 Å². The van der Waals surface area contributed by atoms with E-state index in [2.05, 4.69) is 35.3 Å². The molecule has 1 aromatic heterocycles. The predicted molar refractivity (Wildman–Crippen MR) is 86.8 cm³/mol. The zero-order valence-corrected chi connectivity index (χ0v) is 12.5. The first-order valence-electron chi connectivity index (χ1n) is 7.41. The topological polar surface area (TPSA) is 33.1 Å². The Hall–Kier alpha value is -1.71. The smallest absolute Gasteiger partial charge is 0.0964 e. The molecule has 1 N–H and O–H groups in total. The lowest BCUT2D eigenvalue weighted by atomic mass is 9.93. The summed E-state index contributed by atoms with van der Waals surface area (Å²) in [5.41, 5.74) is 3.76. The third-order valence-corrected chi connectivity index (χ3v) is 5.42. The minimum Gasteiger partial charge on any atom is -0.392 e. The van der Waals surface area contributed by atoms with Gasteiger partial charge in [0.25, 0.3) is 0 Å². The van der Waals surface area contributed by atoms with E-state index in [0.29, 0.717) is 6.42 Å². The maximum atomic E-state index is 10.6. The van der Waals surface area contributed by atoms with Crippen LogP contribution in [0.25, 0.3) is 10.2 Å². The number of hydrogen-bond donors (Lipinski definition) is 1. The third kappa shape index (κ3) is 2.37. The molecule has 2 atom stereocenters. The van der Waals surface area contributed by atoms with E-state index >= 15 is 0 Å². The van der Waals surface area contributed by atoms with Crippen LogP contribution in [0.1, 0.15) is 28.5 Å². The fourth-order valence-corrected chi connectivity index (χ4v) is 4.33. The molecule has 2 nitrogen and oxygen atoms in total. The number of para-hydroxylation sites is 1. The molecule has 106 valence electrons. The van der Waals surface area contributed by atoms with Gasteiger partial charge in [-0.25, -0.2) is 4.98 Å². The second kappa shape index (κ2) is 5.24. The fraction of sp³-hybridized carbons (Fsp3) is 0.278. The van der Waals surface area contributed by atoms with Crippen LogP contribution in [0.4, 0.5) is 0 Å². The van der Waals surface area contributed by atoms with Crippen LogP contribution in [0.5, 0.6) is 0 Å². The highest BCUT2D eigenvalue weighted by Gasteiger charge is 2.28. The molecule has 0 aliphatic heterocycles. The summed E-state index contributed by atoms with van der Waals surface area (Å²) in [4.78, 5) is 4.64. The molecule has 0 saturated heterocycles. The first-order chi connectivity index (χ1) is 10.3. The maximum Gasteiger partial charge on any atom is 0.0964 e. The quantitative estimate of drug-likeness (QED) is 0.794. The van der Waals surface area contributed by atoms with Crippen molar-refractivity contribution in [2.75, 3.05) is 0 Å². The Bertz CT molecular complexity index is 746. The van der Waals surface area contributed by atoms with Gasteiger partial charge in [-0.1, -0.05) is 36.4 Å². The molecule has 2 aromatic carbocycles. The van der Waals surface area contributed by atoms with Crippen LogP contribution in [0.3, 0.4) is 0 Å². The van der Waals surface area contributed by atoms with Crippen molar-refractivity contribution in [2.45, 2.75) is 31.3 Å². The number of aliphatic hydroxyl groups is 1. The Morgan fingerprint density at radius 1 is 1.14 bits per heavy atom.